The van der Waals surface area contributed by atoms with Crippen LogP contribution in [-0.2, 0) is 9.59 Å². The van der Waals surface area contributed by atoms with Gasteiger partial charge in [0.2, 0.25) is 11.8 Å². The van der Waals surface area contributed by atoms with Gasteiger partial charge in [-0.15, -0.1) is 0 Å². The first-order valence-electron chi connectivity index (χ1n) is 6.67. The van der Waals surface area contributed by atoms with Gasteiger partial charge >= 0.3 is 0 Å². The van der Waals surface area contributed by atoms with Crippen molar-refractivity contribution in [1.82, 2.24) is 5.32 Å². The zero-order valence-electron chi connectivity index (χ0n) is 12.0. The maximum Gasteiger partial charge on any atom is 0.241 e. The summed E-state index contributed by atoms with van der Waals surface area (Å²) in [6, 6.07) is 4.54. The van der Waals surface area contributed by atoms with Gasteiger partial charge in [0.25, 0.3) is 0 Å². The Hall–Kier alpha value is -2.12. The number of amides is 2. The lowest BCUT2D eigenvalue weighted by Gasteiger charge is -2.15. The first-order valence-corrected chi connectivity index (χ1v) is 6.67. The maximum atomic E-state index is 12.1. The van der Waals surface area contributed by atoms with Crippen LogP contribution in [0.25, 0.3) is 0 Å². The highest BCUT2D eigenvalue weighted by atomic mass is 16.5. The molecule has 7 heteroatoms. The molecule has 1 fully saturated rings. The van der Waals surface area contributed by atoms with Crippen LogP contribution in [0.3, 0.4) is 0 Å². The van der Waals surface area contributed by atoms with Crippen LogP contribution in [0.2, 0.25) is 0 Å². The maximum absolute atomic E-state index is 12.1. The van der Waals surface area contributed by atoms with Gasteiger partial charge in [-0.25, -0.2) is 0 Å². The van der Waals surface area contributed by atoms with Crippen LogP contribution in [0.15, 0.2) is 18.2 Å². The average molecular weight is 293 g/mol. The third kappa shape index (κ3) is 3.93. The molecule has 1 aromatic rings. The molecule has 1 heterocycles. The minimum Gasteiger partial charge on any atom is -0.495 e. The van der Waals surface area contributed by atoms with Gasteiger partial charge in [0.15, 0.2) is 0 Å². The second kappa shape index (κ2) is 6.55. The lowest BCUT2D eigenvalue weighted by molar-refractivity contribution is -0.118. The number of rotatable bonds is 4. The zero-order valence-corrected chi connectivity index (χ0v) is 12.0. The average Bonchev–Trinajstić information content (AvgIpc) is 2.85. The number of aliphatic hydroxyl groups excluding tert-OH is 1. The highest BCUT2D eigenvalue weighted by Gasteiger charge is 2.28. The number of hydrogen-bond acceptors (Lipinski definition) is 5. The molecular weight excluding hydrogens is 274 g/mol. The van der Waals surface area contributed by atoms with Gasteiger partial charge in [0.05, 0.1) is 24.9 Å². The fourth-order valence-corrected chi connectivity index (χ4v) is 2.22. The third-order valence-electron chi connectivity index (χ3n) is 3.20. The van der Waals surface area contributed by atoms with Crippen molar-refractivity contribution in [2.45, 2.75) is 25.5 Å². The summed E-state index contributed by atoms with van der Waals surface area (Å²) in [7, 11) is 1.50. The van der Waals surface area contributed by atoms with E-state index < -0.39 is 12.1 Å². The standard InChI is InChI=1S/C14H19N3O4/c1-8(18)16-9-3-4-13(21-2)11(5-9)17-14(20)12-6-10(19)7-15-12/h3-5,10,12,15,19H,6-7H2,1-2H3,(H,16,18)(H,17,20). The van der Waals surface area contributed by atoms with E-state index in [4.69, 9.17) is 4.74 Å². The van der Waals surface area contributed by atoms with E-state index in [-0.39, 0.29) is 11.8 Å². The van der Waals surface area contributed by atoms with Crippen LogP contribution >= 0.6 is 0 Å². The summed E-state index contributed by atoms with van der Waals surface area (Å²) < 4.78 is 5.19. The molecule has 1 saturated heterocycles. The van der Waals surface area contributed by atoms with Gasteiger partial charge in [0.1, 0.15) is 5.75 Å². The van der Waals surface area contributed by atoms with E-state index in [1.54, 1.807) is 18.2 Å². The quantitative estimate of drug-likeness (QED) is 0.640. The van der Waals surface area contributed by atoms with E-state index in [9.17, 15) is 14.7 Å². The van der Waals surface area contributed by atoms with Crippen LogP contribution in [0.1, 0.15) is 13.3 Å². The van der Waals surface area contributed by atoms with Crippen LogP contribution in [0.4, 0.5) is 11.4 Å². The molecule has 0 aromatic heterocycles. The van der Waals surface area contributed by atoms with E-state index in [0.29, 0.717) is 30.1 Å². The summed E-state index contributed by atoms with van der Waals surface area (Å²) in [6.07, 6.45) is -0.132. The van der Waals surface area contributed by atoms with Crippen molar-refractivity contribution in [2.75, 3.05) is 24.3 Å². The van der Waals surface area contributed by atoms with Gasteiger partial charge in [-0.3, -0.25) is 9.59 Å². The summed E-state index contributed by atoms with van der Waals surface area (Å²) in [5.74, 6) is 0.0545. The number of anilines is 2. The van der Waals surface area contributed by atoms with Crippen molar-refractivity contribution in [2.24, 2.45) is 0 Å². The molecule has 1 aliphatic heterocycles. The summed E-state index contributed by atoms with van der Waals surface area (Å²) in [5, 5.41) is 17.8. The first kappa shape index (κ1) is 15.3. The Labute approximate surface area is 122 Å². The number of aliphatic hydroxyl groups is 1. The summed E-state index contributed by atoms with van der Waals surface area (Å²) in [6.45, 7) is 1.81. The van der Waals surface area contributed by atoms with Crippen LogP contribution < -0.4 is 20.7 Å². The molecule has 2 unspecified atom stereocenters. The molecule has 7 nitrogen and oxygen atoms in total. The lowest BCUT2D eigenvalue weighted by atomic mass is 10.2. The Morgan fingerprint density at radius 3 is 2.71 bits per heavy atom. The SMILES string of the molecule is COc1ccc(NC(C)=O)cc1NC(=O)C1CC(O)CN1. The Morgan fingerprint density at radius 1 is 1.38 bits per heavy atom. The number of β-amino-alcohol motifs (C(OH)–C–C–N with tert-alkyl or cyclic N) is 1. The topological polar surface area (TPSA) is 99.7 Å². The van der Waals surface area contributed by atoms with E-state index in [1.807, 2.05) is 0 Å². The predicted octanol–water partition coefficient (Wildman–Crippen LogP) is 0.315. The molecule has 21 heavy (non-hydrogen) atoms. The molecule has 2 rings (SSSR count). The summed E-state index contributed by atoms with van der Waals surface area (Å²) in [4.78, 5) is 23.2. The monoisotopic (exact) mass is 293 g/mol. The zero-order chi connectivity index (χ0) is 15.4. The molecule has 1 aliphatic rings. The second-order valence-electron chi connectivity index (χ2n) is 4.94. The van der Waals surface area contributed by atoms with Crippen molar-refractivity contribution < 1.29 is 19.4 Å². The van der Waals surface area contributed by atoms with Crippen molar-refractivity contribution in [3.8, 4) is 5.75 Å². The largest absolute Gasteiger partial charge is 0.495 e. The van der Waals surface area contributed by atoms with Crippen molar-refractivity contribution in [3.05, 3.63) is 18.2 Å². The smallest absolute Gasteiger partial charge is 0.241 e. The minimum absolute atomic E-state index is 0.196. The third-order valence-corrected chi connectivity index (χ3v) is 3.20. The molecule has 0 bridgehead atoms. The molecule has 0 radical (unpaired) electrons. The highest BCUT2D eigenvalue weighted by molar-refractivity contribution is 5.97. The Morgan fingerprint density at radius 2 is 2.14 bits per heavy atom. The molecular formula is C14H19N3O4. The molecule has 0 aliphatic carbocycles. The molecule has 2 atom stereocenters. The van der Waals surface area contributed by atoms with Crippen molar-refractivity contribution >= 4 is 23.2 Å². The Balaban J connectivity index is 2.13. The van der Waals surface area contributed by atoms with E-state index in [2.05, 4.69) is 16.0 Å². The lowest BCUT2D eigenvalue weighted by Crippen LogP contribution is -2.35. The fraction of sp³-hybridized carbons (Fsp3) is 0.429. The van der Waals surface area contributed by atoms with Crippen LogP contribution in [-0.4, -0.2) is 42.7 Å². The van der Waals surface area contributed by atoms with E-state index >= 15 is 0 Å². The number of nitrogens with one attached hydrogen (secondary N) is 3. The number of ether oxygens (including phenoxy) is 1. The molecule has 0 spiro atoms. The number of methoxy groups -OCH3 is 1. The molecule has 0 saturated carbocycles. The summed E-state index contributed by atoms with van der Waals surface area (Å²) >= 11 is 0. The molecule has 1 aromatic carbocycles. The van der Waals surface area contributed by atoms with Gasteiger partial charge in [-0.1, -0.05) is 0 Å². The van der Waals surface area contributed by atoms with Gasteiger partial charge in [-0.05, 0) is 24.6 Å². The van der Waals surface area contributed by atoms with Gasteiger partial charge in [0, 0.05) is 19.2 Å². The Kier molecular flexibility index (Phi) is 4.77. The Bertz CT molecular complexity index is 547. The van der Waals surface area contributed by atoms with Gasteiger partial charge in [-0.2, -0.15) is 0 Å². The van der Waals surface area contributed by atoms with Crippen LogP contribution in [0, 0.1) is 0 Å². The van der Waals surface area contributed by atoms with Crippen LogP contribution in [0.5, 0.6) is 5.75 Å². The number of carbonyl (C=O) groups is 2. The van der Waals surface area contributed by atoms with E-state index in [1.165, 1.54) is 14.0 Å². The van der Waals surface area contributed by atoms with Crippen molar-refractivity contribution in [1.29, 1.82) is 0 Å². The number of hydrogen-bond donors (Lipinski definition) is 4. The molecule has 4 N–H and O–H groups in total. The van der Waals surface area contributed by atoms with Gasteiger partial charge < -0.3 is 25.8 Å². The predicted molar refractivity (Wildman–Crippen MR) is 78.3 cm³/mol. The number of benzene rings is 1. The van der Waals surface area contributed by atoms with E-state index in [0.717, 1.165) is 0 Å². The normalized spacial score (nSPS) is 20.9. The summed E-state index contributed by atoms with van der Waals surface area (Å²) in [5.41, 5.74) is 1.04. The molecule has 114 valence electrons. The minimum atomic E-state index is -0.506. The molecule has 2 amide bonds. The second-order valence-corrected chi connectivity index (χ2v) is 4.94. The number of carbonyl (C=O) groups excluding carboxylic acids is 2. The first-order chi connectivity index (χ1) is 9.99. The highest BCUT2D eigenvalue weighted by Crippen LogP contribution is 2.28. The fourth-order valence-electron chi connectivity index (χ4n) is 2.22. The van der Waals surface area contributed by atoms with Crippen molar-refractivity contribution in [3.63, 3.8) is 0 Å².